The summed E-state index contributed by atoms with van der Waals surface area (Å²) in [4.78, 5) is 8.44. The molecule has 0 spiro atoms. The number of halogens is 1. The molecule has 0 atom stereocenters. The third kappa shape index (κ3) is 4.19. The Morgan fingerprint density at radius 2 is 1.71 bits per heavy atom. The lowest BCUT2D eigenvalue weighted by atomic mass is 9.78. The van der Waals surface area contributed by atoms with E-state index in [0.29, 0.717) is 11.4 Å². The third-order valence-corrected chi connectivity index (χ3v) is 5.44. The fourth-order valence-corrected chi connectivity index (χ4v) is 3.73. The number of aryl methyl sites for hydroxylation is 2. The molecule has 128 valence electrons. The van der Waals surface area contributed by atoms with Crippen molar-refractivity contribution in [3.63, 3.8) is 0 Å². The van der Waals surface area contributed by atoms with Gasteiger partial charge in [0, 0.05) is 12.4 Å². The van der Waals surface area contributed by atoms with Gasteiger partial charge in [-0.1, -0.05) is 45.1 Å². The van der Waals surface area contributed by atoms with Crippen LogP contribution < -0.4 is 0 Å². The molecule has 1 aromatic carbocycles. The molecule has 1 aliphatic carbocycles. The molecule has 2 aromatic rings. The highest BCUT2D eigenvalue weighted by molar-refractivity contribution is 5.56. The Morgan fingerprint density at radius 3 is 2.33 bits per heavy atom. The minimum atomic E-state index is -0.217. The van der Waals surface area contributed by atoms with E-state index in [1.54, 1.807) is 18.5 Å². The summed E-state index contributed by atoms with van der Waals surface area (Å²) in [7, 11) is 0. The van der Waals surface area contributed by atoms with Crippen LogP contribution in [0.5, 0.6) is 0 Å². The van der Waals surface area contributed by atoms with Crippen molar-refractivity contribution in [3.8, 4) is 11.4 Å². The normalized spacial score (nSPS) is 21.0. The Kier molecular flexibility index (Phi) is 5.60. The van der Waals surface area contributed by atoms with Crippen molar-refractivity contribution in [1.82, 2.24) is 9.97 Å². The van der Waals surface area contributed by atoms with Gasteiger partial charge >= 0.3 is 0 Å². The summed E-state index contributed by atoms with van der Waals surface area (Å²) in [6, 6.07) is 5.51. The maximum atomic E-state index is 14.4. The van der Waals surface area contributed by atoms with Crippen LogP contribution in [0, 0.1) is 24.6 Å². The number of nitrogens with zero attached hydrogens (tertiary/aromatic N) is 2. The maximum Gasteiger partial charge on any atom is 0.162 e. The van der Waals surface area contributed by atoms with Crippen molar-refractivity contribution in [3.05, 3.63) is 47.5 Å². The summed E-state index contributed by atoms with van der Waals surface area (Å²) >= 11 is 0. The van der Waals surface area contributed by atoms with E-state index in [1.807, 2.05) is 19.1 Å². The Bertz CT molecular complexity index is 658. The lowest BCUT2D eigenvalue weighted by Crippen LogP contribution is -2.14. The molecule has 1 saturated carbocycles. The van der Waals surface area contributed by atoms with Crippen LogP contribution in [0.2, 0.25) is 0 Å². The highest BCUT2D eigenvalue weighted by Crippen LogP contribution is 2.33. The van der Waals surface area contributed by atoms with Gasteiger partial charge in [-0.25, -0.2) is 14.4 Å². The zero-order valence-electron chi connectivity index (χ0n) is 14.8. The molecular weight excluding hydrogens is 299 g/mol. The number of hydrogen-bond acceptors (Lipinski definition) is 2. The number of benzene rings is 1. The molecule has 24 heavy (non-hydrogen) atoms. The predicted molar refractivity (Wildman–Crippen MR) is 96.2 cm³/mol. The molecule has 1 fully saturated rings. The summed E-state index contributed by atoms with van der Waals surface area (Å²) in [6.07, 6.45) is 12.3. The molecule has 0 radical (unpaired) electrons. The topological polar surface area (TPSA) is 25.8 Å². The van der Waals surface area contributed by atoms with E-state index in [2.05, 4.69) is 16.9 Å². The summed E-state index contributed by atoms with van der Waals surface area (Å²) in [5, 5.41) is 0. The minimum absolute atomic E-state index is 0.217. The molecule has 0 aliphatic heterocycles. The molecule has 1 aromatic heterocycles. The van der Waals surface area contributed by atoms with Crippen LogP contribution in [-0.2, 0) is 6.42 Å². The zero-order valence-corrected chi connectivity index (χ0v) is 14.8. The second-order valence-electron chi connectivity index (χ2n) is 7.23. The predicted octanol–water partition coefficient (Wildman–Crippen LogP) is 5.74. The summed E-state index contributed by atoms with van der Waals surface area (Å²) < 4.78 is 14.4. The van der Waals surface area contributed by atoms with Crippen molar-refractivity contribution in [2.75, 3.05) is 0 Å². The summed E-state index contributed by atoms with van der Waals surface area (Å²) in [5.74, 6) is 2.00. The SMILES string of the molecule is CC[C@H]1CC[C@H](CCc2ccc(-c3ncc(C)cn3)c(F)c2)CC1. The first-order chi connectivity index (χ1) is 11.7. The molecule has 1 heterocycles. The first-order valence-corrected chi connectivity index (χ1v) is 9.23. The van der Waals surface area contributed by atoms with Crippen LogP contribution in [0.3, 0.4) is 0 Å². The van der Waals surface area contributed by atoms with E-state index in [-0.39, 0.29) is 5.82 Å². The van der Waals surface area contributed by atoms with Crippen molar-refractivity contribution >= 4 is 0 Å². The zero-order chi connectivity index (χ0) is 16.9. The van der Waals surface area contributed by atoms with Gasteiger partial charge in [0.25, 0.3) is 0 Å². The fraction of sp³-hybridized carbons (Fsp3) is 0.524. The minimum Gasteiger partial charge on any atom is -0.236 e. The molecule has 3 rings (SSSR count). The maximum absolute atomic E-state index is 14.4. The van der Waals surface area contributed by atoms with Gasteiger partial charge in [-0.05, 0) is 54.9 Å². The second-order valence-corrected chi connectivity index (χ2v) is 7.23. The Morgan fingerprint density at radius 1 is 1.04 bits per heavy atom. The Balaban J connectivity index is 1.60. The van der Waals surface area contributed by atoms with Crippen LogP contribution in [0.4, 0.5) is 4.39 Å². The van der Waals surface area contributed by atoms with E-state index >= 15 is 0 Å². The van der Waals surface area contributed by atoms with Gasteiger partial charge in [0.05, 0.1) is 5.56 Å². The van der Waals surface area contributed by atoms with Gasteiger partial charge in [0.15, 0.2) is 5.82 Å². The van der Waals surface area contributed by atoms with E-state index in [4.69, 9.17) is 0 Å². The highest BCUT2D eigenvalue weighted by Gasteiger charge is 2.19. The lowest BCUT2D eigenvalue weighted by molar-refractivity contribution is 0.259. The van der Waals surface area contributed by atoms with Crippen molar-refractivity contribution in [2.24, 2.45) is 11.8 Å². The molecule has 3 heteroatoms. The van der Waals surface area contributed by atoms with Crippen LogP contribution >= 0.6 is 0 Å². The number of aromatic nitrogens is 2. The van der Waals surface area contributed by atoms with Crippen LogP contribution in [-0.4, -0.2) is 9.97 Å². The van der Waals surface area contributed by atoms with Gasteiger partial charge < -0.3 is 0 Å². The molecule has 1 aliphatic rings. The Labute approximate surface area is 144 Å². The number of hydrogen-bond donors (Lipinski definition) is 0. The van der Waals surface area contributed by atoms with Gasteiger partial charge in [0.1, 0.15) is 5.82 Å². The molecule has 0 amide bonds. The van der Waals surface area contributed by atoms with Crippen molar-refractivity contribution in [1.29, 1.82) is 0 Å². The van der Waals surface area contributed by atoms with E-state index in [9.17, 15) is 4.39 Å². The highest BCUT2D eigenvalue weighted by atomic mass is 19.1. The quantitative estimate of drug-likeness (QED) is 0.700. The second kappa shape index (κ2) is 7.87. The van der Waals surface area contributed by atoms with Gasteiger partial charge in [0.2, 0.25) is 0 Å². The van der Waals surface area contributed by atoms with E-state index in [1.165, 1.54) is 38.5 Å². The standard InChI is InChI=1S/C21H27FN2/c1-3-16-4-6-17(7-5-16)8-9-18-10-11-19(20(22)12-18)21-23-13-15(2)14-24-21/h10-14,16-17H,3-9H2,1-2H3/t16-,17-. The Hall–Kier alpha value is -1.77. The van der Waals surface area contributed by atoms with Crippen LogP contribution in [0.15, 0.2) is 30.6 Å². The average molecular weight is 326 g/mol. The molecule has 2 nitrogen and oxygen atoms in total. The van der Waals surface area contributed by atoms with Crippen molar-refractivity contribution in [2.45, 2.75) is 58.8 Å². The molecular formula is C21H27FN2. The van der Waals surface area contributed by atoms with E-state index < -0.39 is 0 Å². The van der Waals surface area contributed by atoms with Gasteiger partial charge in [-0.15, -0.1) is 0 Å². The lowest BCUT2D eigenvalue weighted by Gasteiger charge is -2.27. The first-order valence-electron chi connectivity index (χ1n) is 9.23. The first kappa shape index (κ1) is 17.1. The largest absolute Gasteiger partial charge is 0.236 e. The summed E-state index contributed by atoms with van der Waals surface area (Å²) in [6.45, 7) is 4.23. The van der Waals surface area contributed by atoms with Crippen LogP contribution in [0.25, 0.3) is 11.4 Å². The molecule has 0 unspecified atom stereocenters. The average Bonchev–Trinajstić information content (AvgIpc) is 2.61. The van der Waals surface area contributed by atoms with Crippen LogP contribution in [0.1, 0.15) is 56.6 Å². The molecule has 0 saturated heterocycles. The number of rotatable bonds is 5. The van der Waals surface area contributed by atoms with Gasteiger partial charge in [-0.2, -0.15) is 0 Å². The van der Waals surface area contributed by atoms with Gasteiger partial charge in [-0.3, -0.25) is 0 Å². The van der Waals surface area contributed by atoms with E-state index in [0.717, 1.165) is 29.4 Å². The van der Waals surface area contributed by atoms with Crippen molar-refractivity contribution < 1.29 is 4.39 Å². The smallest absolute Gasteiger partial charge is 0.162 e. The molecule has 0 N–H and O–H groups in total. The third-order valence-electron chi connectivity index (χ3n) is 5.44. The monoisotopic (exact) mass is 326 g/mol. The molecule has 0 bridgehead atoms. The fourth-order valence-electron chi connectivity index (χ4n) is 3.73. The summed E-state index contributed by atoms with van der Waals surface area (Å²) in [5.41, 5.74) is 2.55.